The predicted octanol–water partition coefficient (Wildman–Crippen LogP) is 2.05. The largest absolute Gasteiger partial charge is 0.462 e. The Morgan fingerprint density at radius 3 is 2.37 bits per heavy atom. The van der Waals surface area contributed by atoms with Crippen LogP contribution in [0.4, 0.5) is 0 Å². The van der Waals surface area contributed by atoms with Crippen LogP contribution in [0.25, 0.3) is 0 Å². The van der Waals surface area contributed by atoms with Gasteiger partial charge in [0, 0.05) is 0 Å². The van der Waals surface area contributed by atoms with Gasteiger partial charge in [-0.25, -0.2) is 0 Å². The summed E-state index contributed by atoms with van der Waals surface area (Å²) in [7, 11) is 0. The zero-order valence-electron chi connectivity index (χ0n) is 11.4. The molecule has 4 rings (SSSR count). The molecular formula is C15H22O4. The molecular weight excluding hydrogens is 244 g/mol. The highest BCUT2D eigenvalue weighted by molar-refractivity contribution is 5.73. The third-order valence-electron chi connectivity index (χ3n) is 5.35. The molecule has 0 aromatic carbocycles. The number of carbonyl (C=O) groups excluding carboxylic acids is 1. The lowest BCUT2D eigenvalue weighted by atomic mass is 9.85. The number of hydrogen-bond donors (Lipinski definition) is 0. The van der Waals surface area contributed by atoms with Crippen LogP contribution in [0.1, 0.15) is 45.4 Å². The molecule has 19 heavy (non-hydrogen) atoms. The van der Waals surface area contributed by atoms with Gasteiger partial charge < -0.3 is 14.2 Å². The van der Waals surface area contributed by atoms with Gasteiger partial charge >= 0.3 is 5.97 Å². The van der Waals surface area contributed by atoms with E-state index >= 15 is 0 Å². The quantitative estimate of drug-likeness (QED) is 0.579. The summed E-state index contributed by atoms with van der Waals surface area (Å²) in [5.41, 5.74) is 0. The number of hydrogen-bond acceptors (Lipinski definition) is 4. The van der Waals surface area contributed by atoms with Gasteiger partial charge in [0.15, 0.2) is 0 Å². The molecule has 0 aromatic rings. The average Bonchev–Trinajstić information content (AvgIpc) is 3.30. The minimum atomic E-state index is 0.000267. The highest BCUT2D eigenvalue weighted by atomic mass is 16.6. The minimum absolute atomic E-state index is 0.000267. The first-order chi connectivity index (χ1) is 9.20. The Kier molecular flexibility index (Phi) is 2.85. The lowest BCUT2D eigenvalue weighted by Crippen LogP contribution is -2.32. The van der Waals surface area contributed by atoms with Crippen molar-refractivity contribution in [3.63, 3.8) is 0 Å². The van der Waals surface area contributed by atoms with E-state index in [4.69, 9.17) is 14.2 Å². The smallest absolute Gasteiger partial charge is 0.309 e. The van der Waals surface area contributed by atoms with E-state index in [1.54, 1.807) is 0 Å². The molecule has 0 amide bonds. The van der Waals surface area contributed by atoms with Gasteiger partial charge in [-0.15, -0.1) is 0 Å². The normalized spacial score (nSPS) is 48.7. The third-order valence-corrected chi connectivity index (χ3v) is 5.35. The molecule has 4 fully saturated rings. The maximum Gasteiger partial charge on any atom is 0.309 e. The molecule has 7 atom stereocenters. The van der Waals surface area contributed by atoms with E-state index in [-0.39, 0.29) is 18.0 Å². The van der Waals surface area contributed by atoms with Crippen LogP contribution in [0.15, 0.2) is 0 Å². The minimum Gasteiger partial charge on any atom is -0.462 e. The molecule has 0 bridgehead atoms. The molecule has 2 aliphatic carbocycles. The van der Waals surface area contributed by atoms with E-state index in [0.29, 0.717) is 30.3 Å². The van der Waals surface area contributed by atoms with Crippen LogP contribution in [0.5, 0.6) is 0 Å². The van der Waals surface area contributed by atoms with Crippen molar-refractivity contribution in [2.45, 2.75) is 76.0 Å². The summed E-state index contributed by atoms with van der Waals surface area (Å²) in [5, 5.41) is 0. The Labute approximate surface area is 113 Å². The van der Waals surface area contributed by atoms with Crippen molar-refractivity contribution in [1.29, 1.82) is 0 Å². The zero-order chi connectivity index (χ0) is 13.0. The summed E-state index contributed by atoms with van der Waals surface area (Å²) < 4.78 is 16.7. The summed E-state index contributed by atoms with van der Waals surface area (Å²) in [6.45, 7) is 2.05. The Morgan fingerprint density at radius 1 is 1.00 bits per heavy atom. The van der Waals surface area contributed by atoms with Crippen molar-refractivity contribution < 1.29 is 19.0 Å². The molecule has 0 spiro atoms. The standard InChI is InChI=1S/C15H22O4/c1-8(9-2-4-11-13(6-9)18-11)17-15(16)10-3-5-12-14(7-10)19-12/h8-14H,2-7H2,1H3. The fourth-order valence-corrected chi connectivity index (χ4v) is 3.86. The molecule has 7 unspecified atom stereocenters. The number of carbonyl (C=O) groups is 1. The van der Waals surface area contributed by atoms with Crippen molar-refractivity contribution in [3.05, 3.63) is 0 Å². The summed E-state index contributed by atoms with van der Waals surface area (Å²) in [4.78, 5) is 12.2. The van der Waals surface area contributed by atoms with Gasteiger partial charge in [0.1, 0.15) is 6.10 Å². The van der Waals surface area contributed by atoms with Crippen LogP contribution in [0.2, 0.25) is 0 Å². The molecule has 0 N–H and O–H groups in total. The predicted molar refractivity (Wildman–Crippen MR) is 67.6 cm³/mol. The average molecular weight is 266 g/mol. The molecule has 2 saturated heterocycles. The van der Waals surface area contributed by atoms with E-state index in [2.05, 4.69) is 0 Å². The number of epoxide rings is 2. The van der Waals surface area contributed by atoms with Gasteiger partial charge in [-0.1, -0.05) is 0 Å². The summed E-state index contributed by atoms with van der Waals surface area (Å²) in [5.74, 6) is 0.557. The fourth-order valence-electron chi connectivity index (χ4n) is 3.86. The van der Waals surface area contributed by atoms with Gasteiger partial charge in [-0.2, -0.15) is 0 Å². The molecule has 2 saturated carbocycles. The first-order valence-corrected chi connectivity index (χ1v) is 7.72. The second kappa shape index (κ2) is 4.45. The highest BCUT2D eigenvalue weighted by Crippen LogP contribution is 2.42. The Balaban J connectivity index is 1.28. The van der Waals surface area contributed by atoms with E-state index in [1.165, 1.54) is 0 Å². The Bertz CT molecular complexity index is 382. The maximum atomic E-state index is 12.2. The molecule has 2 heterocycles. The van der Waals surface area contributed by atoms with Crippen LogP contribution in [-0.2, 0) is 19.0 Å². The van der Waals surface area contributed by atoms with Gasteiger partial charge in [-0.05, 0) is 51.4 Å². The second-order valence-corrected chi connectivity index (χ2v) is 6.65. The van der Waals surface area contributed by atoms with Crippen LogP contribution in [0, 0.1) is 11.8 Å². The van der Waals surface area contributed by atoms with Crippen LogP contribution in [0.3, 0.4) is 0 Å². The fraction of sp³-hybridized carbons (Fsp3) is 0.933. The molecule has 4 heteroatoms. The maximum absolute atomic E-state index is 12.2. The van der Waals surface area contributed by atoms with Gasteiger partial charge in [-0.3, -0.25) is 4.79 Å². The van der Waals surface area contributed by atoms with Crippen LogP contribution in [-0.4, -0.2) is 36.5 Å². The molecule has 106 valence electrons. The molecule has 2 aliphatic heterocycles. The second-order valence-electron chi connectivity index (χ2n) is 6.65. The Hall–Kier alpha value is -0.610. The number of rotatable bonds is 3. The number of esters is 1. The highest BCUT2D eigenvalue weighted by Gasteiger charge is 2.48. The first kappa shape index (κ1) is 12.2. The first-order valence-electron chi connectivity index (χ1n) is 7.72. The van der Waals surface area contributed by atoms with Crippen molar-refractivity contribution in [2.75, 3.05) is 0 Å². The van der Waals surface area contributed by atoms with Crippen molar-refractivity contribution >= 4 is 5.97 Å². The lowest BCUT2D eigenvalue weighted by molar-refractivity contribution is -0.157. The van der Waals surface area contributed by atoms with Gasteiger partial charge in [0.2, 0.25) is 0 Å². The lowest BCUT2D eigenvalue weighted by Gasteiger charge is -2.27. The SMILES string of the molecule is CC(OC(=O)C1CCC2OC2C1)C1CCC2OC2C1. The number of fused-ring (bicyclic) bond motifs is 2. The summed E-state index contributed by atoms with van der Waals surface area (Å²) in [6, 6.07) is 0. The number of ether oxygens (including phenoxy) is 3. The van der Waals surface area contributed by atoms with Crippen LogP contribution >= 0.6 is 0 Å². The topological polar surface area (TPSA) is 51.4 Å². The van der Waals surface area contributed by atoms with Crippen LogP contribution < -0.4 is 0 Å². The van der Waals surface area contributed by atoms with Crippen molar-refractivity contribution in [2.24, 2.45) is 11.8 Å². The molecule has 4 aliphatic rings. The zero-order valence-corrected chi connectivity index (χ0v) is 11.4. The summed E-state index contributed by atoms with van der Waals surface area (Å²) >= 11 is 0. The molecule has 0 aromatic heterocycles. The third kappa shape index (κ3) is 2.40. The van der Waals surface area contributed by atoms with E-state index in [0.717, 1.165) is 38.5 Å². The van der Waals surface area contributed by atoms with E-state index in [9.17, 15) is 4.79 Å². The van der Waals surface area contributed by atoms with Gasteiger partial charge in [0.05, 0.1) is 30.3 Å². The molecule has 0 radical (unpaired) electrons. The van der Waals surface area contributed by atoms with Crippen molar-refractivity contribution in [1.82, 2.24) is 0 Å². The van der Waals surface area contributed by atoms with Crippen molar-refractivity contribution in [3.8, 4) is 0 Å². The Morgan fingerprint density at radius 2 is 1.68 bits per heavy atom. The van der Waals surface area contributed by atoms with E-state index < -0.39 is 0 Å². The van der Waals surface area contributed by atoms with E-state index in [1.807, 2.05) is 6.92 Å². The molecule has 4 nitrogen and oxygen atoms in total. The summed E-state index contributed by atoms with van der Waals surface area (Å²) in [6.07, 6.45) is 7.97. The van der Waals surface area contributed by atoms with Gasteiger partial charge in [0.25, 0.3) is 0 Å². The monoisotopic (exact) mass is 266 g/mol.